The van der Waals surface area contributed by atoms with Gasteiger partial charge in [0.15, 0.2) is 0 Å². The Kier molecular flexibility index (Phi) is 4.94. The van der Waals surface area contributed by atoms with Gasteiger partial charge < -0.3 is 9.73 Å². The van der Waals surface area contributed by atoms with E-state index in [1.807, 2.05) is 13.1 Å². The van der Waals surface area contributed by atoms with E-state index in [-0.39, 0.29) is 11.4 Å². The standard InChI is InChI=1S/C12H18N4O3S/c1-13-6-7-16-10-12(9-14-16)20(17,18)15-5-4-11-3-2-8-19-11/h2-3,8-10,13,15H,4-7H2,1H3. The number of hydrogen-bond donors (Lipinski definition) is 2. The van der Waals surface area contributed by atoms with Crippen LogP contribution in [-0.4, -0.2) is 38.3 Å². The molecule has 0 saturated carbocycles. The molecule has 2 aromatic heterocycles. The Hall–Kier alpha value is -1.64. The zero-order valence-electron chi connectivity index (χ0n) is 11.2. The minimum absolute atomic E-state index is 0.174. The van der Waals surface area contributed by atoms with Gasteiger partial charge in [0.25, 0.3) is 0 Å². The molecule has 0 amide bonds. The smallest absolute Gasteiger partial charge is 0.243 e. The van der Waals surface area contributed by atoms with Crippen LogP contribution in [0.25, 0.3) is 0 Å². The second-order valence-electron chi connectivity index (χ2n) is 4.27. The zero-order valence-corrected chi connectivity index (χ0v) is 12.1. The van der Waals surface area contributed by atoms with Crippen LogP contribution >= 0.6 is 0 Å². The zero-order chi connectivity index (χ0) is 14.4. The summed E-state index contributed by atoms with van der Waals surface area (Å²) in [6.45, 7) is 1.64. The van der Waals surface area contributed by atoms with Crippen LogP contribution in [0.2, 0.25) is 0 Å². The highest BCUT2D eigenvalue weighted by molar-refractivity contribution is 7.89. The Balaban J connectivity index is 1.90. The molecule has 0 saturated heterocycles. The Bertz CT molecular complexity index is 619. The Morgan fingerprint density at radius 1 is 1.40 bits per heavy atom. The Morgan fingerprint density at radius 2 is 2.25 bits per heavy atom. The summed E-state index contributed by atoms with van der Waals surface area (Å²) in [4.78, 5) is 0.174. The van der Waals surface area contributed by atoms with Crippen molar-refractivity contribution in [2.45, 2.75) is 17.9 Å². The van der Waals surface area contributed by atoms with Crippen LogP contribution in [0.5, 0.6) is 0 Å². The van der Waals surface area contributed by atoms with E-state index in [4.69, 9.17) is 4.42 Å². The van der Waals surface area contributed by atoms with Crippen molar-refractivity contribution in [3.63, 3.8) is 0 Å². The molecule has 0 spiro atoms. The molecule has 0 aliphatic heterocycles. The molecule has 0 bridgehead atoms. The summed E-state index contributed by atoms with van der Waals surface area (Å²) < 4.78 is 33.3. The van der Waals surface area contributed by atoms with E-state index < -0.39 is 10.0 Å². The lowest BCUT2D eigenvalue weighted by atomic mass is 10.3. The summed E-state index contributed by atoms with van der Waals surface area (Å²) in [6.07, 6.45) is 4.95. The largest absolute Gasteiger partial charge is 0.469 e. The first-order chi connectivity index (χ1) is 9.62. The van der Waals surface area contributed by atoms with Crippen LogP contribution in [0.4, 0.5) is 0 Å². The van der Waals surface area contributed by atoms with Gasteiger partial charge in [-0.3, -0.25) is 4.68 Å². The molecule has 0 aliphatic rings. The Labute approximate surface area is 118 Å². The molecule has 0 unspecified atom stereocenters. The number of nitrogens with zero attached hydrogens (tertiary/aromatic N) is 2. The summed E-state index contributed by atoms with van der Waals surface area (Å²) in [7, 11) is -1.68. The number of likely N-dealkylation sites (N-methyl/N-ethyl adjacent to an activating group) is 1. The quantitative estimate of drug-likeness (QED) is 0.727. The summed E-state index contributed by atoms with van der Waals surface area (Å²) in [6, 6.07) is 3.58. The van der Waals surface area contributed by atoms with Crippen molar-refractivity contribution in [1.82, 2.24) is 19.8 Å². The van der Waals surface area contributed by atoms with Gasteiger partial charge in [-0.25, -0.2) is 13.1 Å². The second kappa shape index (κ2) is 6.69. The first-order valence-electron chi connectivity index (χ1n) is 6.31. The lowest BCUT2D eigenvalue weighted by Crippen LogP contribution is -2.25. The molecule has 2 N–H and O–H groups in total. The van der Waals surface area contributed by atoms with Crippen LogP contribution in [-0.2, 0) is 23.0 Å². The minimum atomic E-state index is -3.51. The highest BCUT2D eigenvalue weighted by Crippen LogP contribution is 2.07. The van der Waals surface area contributed by atoms with E-state index in [1.54, 1.807) is 17.0 Å². The van der Waals surface area contributed by atoms with Crippen LogP contribution in [0.3, 0.4) is 0 Å². The third kappa shape index (κ3) is 3.92. The van der Waals surface area contributed by atoms with Crippen LogP contribution < -0.4 is 10.0 Å². The fraction of sp³-hybridized carbons (Fsp3) is 0.417. The molecular weight excluding hydrogens is 280 g/mol. The third-order valence-corrected chi connectivity index (χ3v) is 4.17. The first kappa shape index (κ1) is 14.8. The van der Waals surface area contributed by atoms with E-state index in [1.165, 1.54) is 12.4 Å². The first-order valence-corrected chi connectivity index (χ1v) is 7.79. The molecule has 0 aliphatic carbocycles. The fourth-order valence-electron chi connectivity index (χ4n) is 1.68. The molecule has 8 heteroatoms. The number of nitrogens with one attached hydrogen (secondary N) is 2. The van der Waals surface area contributed by atoms with Gasteiger partial charge in [0.05, 0.1) is 19.0 Å². The molecular formula is C12H18N4O3S. The monoisotopic (exact) mass is 298 g/mol. The lowest BCUT2D eigenvalue weighted by molar-refractivity contribution is 0.506. The number of sulfonamides is 1. The predicted molar refractivity (Wildman–Crippen MR) is 73.8 cm³/mol. The van der Waals surface area contributed by atoms with E-state index in [0.717, 1.165) is 12.3 Å². The van der Waals surface area contributed by atoms with Gasteiger partial charge in [0, 0.05) is 25.7 Å². The van der Waals surface area contributed by atoms with E-state index in [9.17, 15) is 8.42 Å². The van der Waals surface area contributed by atoms with Gasteiger partial charge >= 0.3 is 0 Å². The van der Waals surface area contributed by atoms with Gasteiger partial charge in [-0.2, -0.15) is 5.10 Å². The van der Waals surface area contributed by atoms with Crippen molar-refractivity contribution < 1.29 is 12.8 Å². The van der Waals surface area contributed by atoms with Crippen LogP contribution in [0, 0.1) is 0 Å². The van der Waals surface area contributed by atoms with Crippen LogP contribution in [0.15, 0.2) is 40.1 Å². The van der Waals surface area contributed by atoms with Crippen molar-refractivity contribution in [3.8, 4) is 0 Å². The molecule has 7 nitrogen and oxygen atoms in total. The molecule has 0 atom stereocenters. The van der Waals surface area contributed by atoms with E-state index in [2.05, 4.69) is 15.1 Å². The number of furan rings is 1. The topological polar surface area (TPSA) is 89.2 Å². The van der Waals surface area contributed by atoms with Crippen molar-refractivity contribution in [2.75, 3.05) is 20.1 Å². The van der Waals surface area contributed by atoms with Gasteiger partial charge in [0.2, 0.25) is 10.0 Å². The highest BCUT2D eigenvalue weighted by Gasteiger charge is 2.15. The maximum Gasteiger partial charge on any atom is 0.243 e. The fourth-order valence-corrected chi connectivity index (χ4v) is 2.66. The number of aromatic nitrogens is 2. The molecule has 20 heavy (non-hydrogen) atoms. The van der Waals surface area contributed by atoms with Gasteiger partial charge in [0.1, 0.15) is 10.7 Å². The van der Waals surface area contributed by atoms with Crippen molar-refractivity contribution >= 4 is 10.0 Å². The van der Waals surface area contributed by atoms with E-state index in [0.29, 0.717) is 13.0 Å². The average molecular weight is 298 g/mol. The second-order valence-corrected chi connectivity index (χ2v) is 6.04. The molecule has 110 valence electrons. The van der Waals surface area contributed by atoms with Gasteiger partial charge in [-0.05, 0) is 19.2 Å². The summed E-state index contributed by atoms with van der Waals surface area (Å²) >= 11 is 0. The third-order valence-electron chi connectivity index (χ3n) is 2.75. The van der Waals surface area contributed by atoms with Gasteiger partial charge in [-0.15, -0.1) is 0 Å². The maximum atomic E-state index is 12.0. The molecule has 2 aromatic rings. The van der Waals surface area contributed by atoms with Crippen LogP contribution in [0.1, 0.15) is 5.76 Å². The minimum Gasteiger partial charge on any atom is -0.469 e. The van der Waals surface area contributed by atoms with Crippen molar-refractivity contribution in [2.24, 2.45) is 0 Å². The maximum absolute atomic E-state index is 12.0. The average Bonchev–Trinajstić information content (AvgIpc) is 3.07. The normalized spacial score (nSPS) is 11.8. The molecule has 2 rings (SSSR count). The molecule has 0 aromatic carbocycles. The Morgan fingerprint density at radius 3 is 2.95 bits per heavy atom. The summed E-state index contributed by atoms with van der Waals surface area (Å²) in [5.74, 6) is 0.748. The SMILES string of the molecule is CNCCn1cc(S(=O)(=O)NCCc2ccco2)cn1. The van der Waals surface area contributed by atoms with E-state index >= 15 is 0 Å². The van der Waals surface area contributed by atoms with Crippen molar-refractivity contribution in [1.29, 1.82) is 0 Å². The molecule has 0 fully saturated rings. The summed E-state index contributed by atoms with van der Waals surface area (Å²) in [5.41, 5.74) is 0. The highest BCUT2D eigenvalue weighted by atomic mass is 32.2. The number of rotatable bonds is 8. The van der Waals surface area contributed by atoms with Gasteiger partial charge in [-0.1, -0.05) is 0 Å². The lowest BCUT2D eigenvalue weighted by Gasteiger charge is -2.03. The molecule has 2 heterocycles. The van der Waals surface area contributed by atoms with Crippen molar-refractivity contribution in [3.05, 3.63) is 36.5 Å². The number of hydrogen-bond acceptors (Lipinski definition) is 5. The molecule has 0 radical (unpaired) electrons. The summed E-state index contributed by atoms with van der Waals surface area (Å²) in [5, 5.41) is 6.99. The predicted octanol–water partition coefficient (Wildman–Crippen LogP) is 0.217.